The molecule has 0 aliphatic carbocycles. The van der Waals surface area contributed by atoms with Crippen LogP contribution in [0.5, 0.6) is 0 Å². The molecule has 1 aliphatic rings. The van der Waals surface area contributed by atoms with Gasteiger partial charge in [-0.2, -0.15) is 0 Å². The van der Waals surface area contributed by atoms with E-state index in [4.69, 9.17) is 32.8 Å². The number of ether oxygens (including phenoxy) is 1. The van der Waals surface area contributed by atoms with E-state index < -0.39 is 18.0 Å². The van der Waals surface area contributed by atoms with Gasteiger partial charge in [0.2, 0.25) is 6.10 Å². The molecule has 8 heteroatoms. The number of amides is 1. The van der Waals surface area contributed by atoms with E-state index in [1.165, 1.54) is 0 Å². The molecule has 22 heavy (non-hydrogen) atoms. The zero-order valence-corrected chi connectivity index (χ0v) is 13.3. The van der Waals surface area contributed by atoms with E-state index in [-0.39, 0.29) is 25.3 Å². The summed E-state index contributed by atoms with van der Waals surface area (Å²) in [6, 6.07) is 4.98. The standard InChI is InChI=1S/C14H14Cl2N2O4/c1-2-21-14(20)12-6-11(18-22-12)13(19)17-7-8-5-9(15)3-4-10(8)16/h3-5,12H,2,6-7H2,1H3,(H,17,19). The summed E-state index contributed by atoms with van der Waals surface area (Å²) in [6.07, 6.45) is -0.788. The average Bonchev–Trinajstić information content (AvgIpc) is 2.98. The average molecular weight is 345 g/mol. The molecule has 0 radical (unpaired) electrons. The molecule has 1 aromatic carbocycles. The fourth-order valence-corrected chi connectivity index (χ4v) is 2.21. The van der Waals surface area contributed by atoms with Gasteiger partial charge in [-0.1, -0.05) is 28.4 Å². The Kier molecular flexibility index (Phi) is 5.63. The highest BCUT2D eigenvalue weighted by Crippen LogP contribution is 2.20. The maximum absolute atomic E-state index is 12.0. The Bertz CT molecular complexity index is 619. The molecule has 0 saturated heterocycles. The Labute approximate surface area is 137 Å². The van der Waals surface area contributed by atoms with Crippen LogP contribution >= 0.6 is 23.2 Å². The summed E-state index contributed by atoms with van der Waals surface area (Å²) < 4.78 is 4.81. The quantitative estimate of drug-likeness (QED) is 0.831. The molecule has 1 heterocycles. The second kappa shape index (κ2) is 7.47. The summed E-state index contributed by atoms with van der Waals surface area (Å²) in [5.74, 6) is -0.963. The van der Waals surface area contributed by atoms with E-state index in [0.717, 1.165) is 0 Å². The van der Waals surface area contributed by atoms with Crippen molar-refractivity contribution in [2.75, 3.05) is 6.61 Å². The van der Waals surface area contributed by atoms with Crippen molar-refractivity contribution in [1.29, 1.82) is 0 Å². The predicted octanol–water partition coefficient (Wildman–Crippen LogP) is 2.32. The maximum atomic E-state index is 12.0. The van der Waals surface area contributed by atoms with E-state index in [2.05, 4.69) is 10.5 Å². The molecule has 1 aliphatic heterocycles. The third-order valence-corrected chi connectivity index (χ3v) is 3.53. The van der Waals surface area contributed by atoms with Crippen LogP contribution in [0, 0.1) is 0 Å². The van der Waals surface area contributed by atoms with Crippen molar-refractivity contribution in [2.24, 2.45) is 5.16 Å². The number of halogens is 2. The number of hydrogen-bond donors (Lipinski definition) is 1. The molecule has 0 spiro atoms. The lowest BCUT2D eigenvalue weighted by molar-refractivity contribution is -0.154. The second-order valence-corrected chi connectivity index (χ2v) is 5.35. The Morgan fingerprint density at radius 1 is 1.45 bits per heavy atom. The Hall–Kier alpha value is -1.79. The minimum atomic E-state index is -0.865. The third-order valence-electron chi connectivity index (χ3n) is 2.93. The van der Waals surface area contributed by atoms with Crippen LogP contribution in [0.1, 0.15) is 18.9 Å². The van der Waals surface area contributed by atoms with Gasteiger partial charge in [-0.05, 0) is 30.7 Å². The van der Waals surface area contributed by atoms with Crippen molar-refractivity contribution in [3.8, 4) is 0 Å². The highest BCUT2D eigenvalue weighted by Gasteiger charge is 2.32. The first-order valence-corrected chi connectivity index (χ1v) is 7.38. The van der Waals surface area contributed by atoms with Crippen LogP contribution in [0.4, 0.5) is 0 Å². The summed E-state index contributed by atoms with van der Waals surface area (Å²) in [5, 5.41) is 7.30. The van der Waals surface area contributed by atoms with Crippen LogP contribution in [0.3, 0.4) is 0 Å². The van der Waals surface area contributed by atoms with Crippen LogP contribution in [-0.4, -0.2) is 30.3 Å². The van der Waals surface area contributed by atoms with Gasteiger partial charge in [0, 0.05) is 23.0 Å². The normalized spacial score (nSPS) is 16.7. The minimum absolute atomic E-state index is 0.0773. The van der Waals surface area contributed by atoms with Crippen molar-refractivity contribution in [3.63, 3.8) is 0 Å². The molecule has 0 saturated carbocycles. The molecule has 118 valence electrons. The summed E-state index contributed by atoms with van der Waals surface area (Å²) in [5.41, 5.74) is 0.820. The van der Waals surface area contributed by atoms with Crippen LogP contribution < -0.4 is 5.32 Å². The Morgan fingerprint density at radius 3 is 2.95 bits per heavy atom. The number of nitrogens with zero attached hydrogens (tertiary/aromatic N) is 1. The SMILES string of the molecule is CCOC(=O)C1CC(C(=O)NCc2cc(Cl)ccc2Cl)=NO1. The lowest BCUT2D eigenvalue weighted by atomic mass is 10.1. The first-order valence-electron chi connectivity index (χ1n) is 6.62. The molecule has 1 unspecified atom stereocenters. The lowest BCUT2D eigenvalue weighted by Gasteiger charge is -2.07. The van der Waals surface area contributed by atoms with Gasteiger partial charge in [0.25, 0.3) is 5.91 Å². The van der Waals surface area contributed by atoms with Gasteiger partial charge in [-0.3, -0.25) is 4.79 Å². The number of benzene rings is 1. The number of carbonyl (C=O) groups is 2. The van der Waals surface area contributed by atoms with Crippen molar-refractivity contribution < 1.29 is 19.2 Å². The molecule has 1 aromatic rings. The molecule has 0 bridgehead atoms. The first kappa shape index (κ1) is 16.6. The summed E-state index contributed by atoms with van der Waals surface area (Å²) in [6.45, 7) is 2.13. The molecule has 0 fully saturated rings. The molecular formula is C14H14Cl2N2O4. The van der Waals surface area contributed by atoms with Crippen molar-refractivity contribution in [2.45, 2.75) is 26.0 Å². The maximum Gasteiger partial charge on any atom is 0.350 e. The topological polar surface area (TPSA) is 77.0 Å². The number of hydrogen-bond acceptors (Lipinski definition) is 5. The molecule has 1 N–H and O–H groups in total. The molecule has 1 amide bonds. The summed E-state index contributed by atoms with van der Waals surface area (Å²) in [4.78, 5) is 28.4. The molecule has 0 aromatic heterocycles. The van der Waals surface area contributed by atoms with Crippen LogP contribution in [0.2, 0.25) is 10.0 Å². The minimum Gasteiger partial charge on any atom is -0.463 e. The Morgan fingerprint density at radius 2 is 2.23 bits per heavy atom. The monoisotopic (exact) mass is 344 g/mol. The van der Waals surface area contributed by atoms with E-state index in [1.54, 1.807) is 25.1 Å². The zero-order valence-electron chi connectivity index (χ0n) is 11.8. The number of oxime groups is 1. The second-order valence-electron chi connectivity index (χ2n) is 4.51. The smallest absolute Gasteiger partial charge is 0.350 e. The van der Waals surface area contributed by atoms with Gasteiger partial charge >= 0.3 is 5.97 Å². The van der Waals surface area contributed by atoms with Gasteiger partial charge in [-0.25, -0.2) is 4.79 Å². The zero-order chi connectivity index (χ0) is 16.1. The molecule has 6 nitrogen and oxygen atoms in total. The first-order chi connectivity index (χ1) is 10.5. The molecular weight excluding hydrogens is 331 g/mol. The van der Waals surface area contributed by atoms with Crippen molar-refractivity contribution >= 4 is 40.8 Å². The third kappa shape index (κ3) is 4.11. The number of esters is 1. The molecule has 1 atom stereocenters. The summed E-state index contributed by atoms with van der Waals surface area (Å²) in [7, 11) is 0. The highest BCUT2D eigenvalue weighted by molar-refractivity contribution is 6.39. The molecule has 2 rings (SSSR count). The van der Waals surface area contributed by atoms with Crippen LogP contribution in [-0.2, 0) is 25.7 Å². The van der Waals surface area contributed by atoms with Crippen LogP contribution in [0.15, 0.2) is 23.4 Å². The van der Waals surface area contributed by atoms with E-state index in [0.29, 0.717) is 15.6 Å². The van der Waals surface area contributed by atoms with E-state index in [9.17, 15) is 9.59 Å². The number of rotatable bonds is 5. The summed E-state index contributed by atoms with van der Waals surface area (Å²) >= 11 is 11.9. The van der Waals surface area contributed by atoms with Gasteiger partial charge in [0.15, 0.2) is 0 Å². The van der Waals surface area contributed by atoms with Crippen LogP contribution in [0.25, 0.3) is 0 Å². The van der Waals surface area contributed by atoms with E-state index in [1.807, 2.05) is 0 Å². The number of nitrogens with one attached hydrogen (secondary N) is 1. The van der Waals surface area contributed by atoms with Crippen molar-refractivity contribution in [3.05, 3.63) is 33.8 Å². The van der Waals surface area contributed by atoms with Gasteiger partial charge < -0.3 is 14.9 Å². The highest BCUT2D eigenvalue weighted by atomic mass is 35.5. The number of carbonyl (C=O) groups excluding carboxylic acids is 2. The predicted molar refractivity (Wildman–Crippen MR) is 81.9 cm³/mol. The fourth-order valence-electron chi connectivity index (χ4n) is 1.83. The lowest BCUT2D eigenvalue weighted by Crippen LogP contribution is -2.32. The van der Waals surface area contributed by atoms with Gasteiger partial charge in [0.1, 0.15) is 5.71 Å². The largest absolute Gasteiger partial charge is 0.463 e. The Balaban J connectivity index is 1.88. The van der Waals surface area contributed by atoms with Gasteiger partial charge in [-0.15, -0.1) is 0 Å². The fraction of sp³-hybridized carbons (Fsp3) is 0.357. The van der Waals surface area contributed by atoms with Gasteiger partial charge in [0.05, 0.1) is 6.61 Å². The van der Waals surface area contributed by atoms with E-state index >= 15 is 0 Å². The van der Waals surface area contributed by atoms with Crippen molar-refractivity contribution in [1.82, 2.24) is 5.32 Å².